The first-order valence-corrected chi connectivity index (χ1v) is 11.8. The molecule has 5 unspecified atom stereocenters. The van der Waals surface area contributed by atoms with Crippen LogP contribution in [-0.2, 0) is 14.3 Å². The minimum atomic E-state index is -1.58. The zero-order valence-corrected chi connectivity index (χ0v) is 19.1. The highest BCUT2D eigenvalue weighted by molar-refractivity contribution is 6.34. The van der Waals surface area contributed by atoms with Gasteiger partial charge in [0.1, 0.15) is 0 Å². The zero-order valence-electron chi connectivity index (χ0n) is 19.1. The molecule has 0 amide bonds. The predicted molar refractivity (Wildman–Crippen MR) is 120 cm³/mol. The third-order valence-corrected chi connectivity index (χ3v) is 9.93. The molecule has 0 radical (unpaired) electrons. The first-order chi connectivity index (χ1) is 15.2. The number of ketones is 3. The maximum Gasteiger partial charge on any atom is 0.183 e. The van der Waals surface area contributed by atoms with Gasteiger partial charge < -0.3 is 4.74 Å². The first kappa shape index (κ1) is 20.3. The van der Waals surface area contributed by atoms with Crippen molar-refractivity contribution >= 4 is 17.3 Å². The van der Waals surface area contributed by atoms with Crippen LogP contribution in [-0.4, -0.2) is 30.1 Å². The minimum Gasteiger partial charge on any atom is -0.376 e. The molecular formula is C28H30O4. The molecule has 7 rings (SSSR count). The van der Waals surface area contributed by atoms with Crippen LogP contribution in [0.5, 0.6) is 0 Å². The molecule has 1 aromatic rings. The van der Waals surface area contributed by atoms with E-state index < -0.39 is 21.8 Å². The van der Waals surface area contributed by atoms with E-state index in [1.165, 1.54) is 11.1 Å². The molecule has 6 atom stereocenters. The molecule has 4 heteroatoms. The van der Waals surface area contributed by atoms with E-state index in [4.69, 9.17) is 4.74 Å². The Morgan fingerprint density at radius 2 is 1.72 bits per heavy atom. The van der Waals surface area contributed by atoms with Gasteiger partial charge in [-0.25, -0.2) is 0 Å². The number of benzene rings is 1. The topological polar surface area (TPSA) is 60.4 Å². The van der Waals surface area contributed by atoms with Crippen molar-refractivity contribution in [2.24, 2.45) is 28.1 Å². The van der Waals surface area contributed by atoms with Crippen LogP contribution in [0.15, 0.2) is 53.6 Å². The second-order valence-electron chi connectivity index (χ2n) is 11.2. The molecule has 1 spiro atoms. The molecular weight excluding hydrogens is 400 g/mol. The lowest BCUT2D eigenvalue weighted by Crippen LogP contribution is -2.81. The van der Waals surface area contributed by atoms with Gasteiger partial charge in [-0.1, -0.05) is 53.6 Å². The van der Waals surface area contributed by atoms with Gasteiger partial charge in [0.15, 0.2) is 22.8 Å². The molecule has 0 saturated heterocycles. The molecule has 0 aromatic heterocycles. The molecule has 6 saturated carbocycles. The van der Waals surface area contributed by atoms with Gasteiger partial charge in [0.25, 0.3) is 0 Å². The lowest BCUT2D eigenvalue weighted by atomic mass is 9.34. The molecule has 0 aliphatic heterocycles. The number of hydrogen-bond donors (Lipinski definition) is 0. The largest absolute Gasteiger partial charge is 0.376 e. The van der Waals surface area contributed by atoms with Crippen molar-refractivity contribution in [1.82, 2.24) is 0 Å². The summed E-state index contributed by atoms with van der Waals surface area (Å²) in [5.41, 5.74) is 0.0391. The molecule has 0 N–H and O–H groups in total. The van der Waals surface area contributed by atoms with E-state index in [9.17, 15) is 14.4 Å². The minimum absolute atomic E-state index is 0.0230. The Bertz CT molecular complexity index is 1140. The Labute approximate surface area is 189 Å². The van der Waals surface area contributed by atoms with Crippen LogP contribution >= 0.6 is 0 Å². The van der Waals surface area contributed by atoms with Crippen molar-refractivity contribution in [2.45, 2.75) is 58.0 Å². The van der Waals surface area contributed by atoms with Gasteiger partial charge in [-0.15, -0.1) is 0 Å². The first-order valence-electron chi connectivity index (χ1n) is 11.8. The fourth-order valence-electron chi connectivity index (χ4n) is 9.15. The predicted octanol–water partition coefficient (Wildman–Crippen LogP) is 4.89. The van der Waals surface area contributed by atoms with Crippen LogP contribution in [0.3, 0.4) is 0 Å². The zero-order chi connectivity index (χ0) is 22.7. The Hall–Kier alpha value is -2.33. The summed E-state index contributed by atoms with van der Waals surface area (Å²) in [4.78, 5) is 43.3. The van der Waals surface area contributed by atoms with E-state index in [-0.39, 0.29) is 35.6 Å². The van der Waals surface area contributed by atoms with Crippen molar-refractivity contribution in [3.05, 3.63) is 59.2 Å². The number of carbonyl (C=O) groups excluding carboxylic acids is 3. The average Bonchev–Trinajstić information content (AvgIpc) is 3.21. The van der Waals surface area contributed by atoms with Crippen LogP contribution in [0.1, 0.15) is 62.7 Å². The number of carbonyl (C=O) groups is 3. The Morgan fingerprint density at radius 3 is 2.38 bits per heavy atom. The Balaban J connectivity index is 1.67. The molecule has 0 heterocycles. The lowest BCUT2D eigenvalue weighted by Gasteiger charge is -2.69. The van der Waals surface area contributed by atoms with Crippen molar-refractivity contribution in [1.29, 1.82) is 0 Å². The molecule has 6 aliphatic rings. The van der Waals surface area contributed by atoms with Gasteiger partial charge in [0, 0.05) is 12.7 Å². The second kappa shape index (κ2) is 5.96. The van der Waals surface area contributed by atoms with E-state index >= 15 is 0 Å². The van der Waals surface area contributed by atoms with E-state index in [1.54, 1.807) is 31.4 Å². The maximum absolute atomic E-state index is 14.6. The van der Waals surface area contributed by atoms with Crippen molar-refractivity contribution in [3.8, 4) is 0 Å². The Morgan fingerprint density at radius 1 is 1.00 bits per heavy atom. The second-order valence-corrected chi connectivity index (χ2v) is 11.2. The maximum atomic E-state index is 14.6. The van der Waals surface area contributed by atoms with Crippen LogP contribution in [0.25, 0.3) is 0 Å². The normalized spacial score (nSPS) is 43.6. The van der Waals surface area contributed by atoms with Crippen LogP contribution in [0, 0.1) is 28.1 Å². The summed E-state index contributed by atoms with van der Waals surface area (Å²) in [5.74, 6) is -0.628. The van der Waals surface area contributed by atoms with Crippen molar-refractivity contribution in [2.75, 3.05) is 7.11 Å². The summed E-state index contributed by atoms with van der Waals surface area (Å²) in [6.07, 6.45) is 3.60. The summed E-state index contributed by atoms with van der Waals surface area (Å²) in [6.45, 7) is 8.47. The number of hydrogen-bond acceptors (Lipinski definition) is 4. The van der Waals surface area contributed by atoms with E-state index in [2.05, 4.69) is 20.4 Å². The summed E-state index contributed by atoms with van der Waals surface area (Å²) in [7, 11) is 1.69. The SMILES string of the molecule is C=C1C[C@@H]2CC34CC(=C(C)C)CC5CC(C(=O)c6ccccc6)(C3=O)C(=O)C2(C1)C54OC. The van der Waals surface area contributed by atoms with Gasteiger partial charge in [-0.2, -0.15) is 0 Å². The Kier molecular flexibility index (Phi) is 3.78. The van der Waals surface area contributed by atoms with Gasteiger partial charge in [0.2, 0.25) is 0 Å². The average molecular weight is 431 g/mol. The van der Waals surface area contributed by atoms with E-state index in [0.29, 0.717) is 24.8 Å². The highest BCUT2D eigenvalue weighted by Crippen LogP contribution is 2.83. The molecule has 32 heavy (non-hydrogen) atoms. The van der Waals surface area contributed by atoms with Gasteiger partial charge in [0.05, 0.1) is 16.4 Å². The highest BCUT2D eigenvalue weighted by Gasteiger charge is 2.92. The summed E-state index contributed by atoms with van der Waals surface area (Å²) >= 11 is 0. The lowest BCUT2D eigenvalue weighted by molar-refractivity contribution is -0.248. The summed E-state index contributed by atoms with van der Waals surface area (Å²) < 4.78 is 6.45. The molecule has 4 nitrogen and oxygen atoms in total. The smallest absolute Gasteiger partial charge is 0.183 e. The van der Waals surface area contributed by atoms with Gasteiger partial charge in [-0.05, 0) is 64.2 Å². The molecule has 166 valence electrons. The third-order valence-electron chi connectivity index (χ3n) is 9.93. The van der Waals surface area contributed by atoms with Crippen molar-refractivity contribution < 1.29 is 19.1 Å². The molecule has 6 aliphatic carbocycles. The van der Waals surface area contributed by atoms with Crippen LogP contribution in [0.2, 0.25) is 0 Å². The molecule has 5 bridgehead atoms. The monoisotopic (exact) mass is 430 g/mol. The van der Waals surface area contributed by atoms with E-state index in [1.807, 2.05) is 6.07 Å². The number of allylic oxidation sites excluding steroid dienone is 3. The standard InChI is InChI=1S/C28H30O4/c1-16(2)19-11-21-15-26(22(29)18-8-6-5-7-9-18)23(30)25(13-19)14-20-10-17(3)12-27(20,24(26)31)28(21,25)32-4/h5-9,20-21H,3,10-15H2,1-2,4H3/t20-,21?,25?,26?,27?,28?/m1/s1. The number of ether oxygens (including phenoxy) is 1. The van der Waals surface area contributed by atoms with Crippen LogP contribution in [0.4, 0.5) is 0 Å². The molecule has 6 fully saturated rings. The fraction of sp³-hybridized carbons (Fsp3) is 0.536. The number of Topliss-reactive ketones (excluding diaryl/α,β-unsaturated/α-hetero) is 3. The number of rotatable bonds is 3. The quantitative estimate of drug-likeness (QED) is 0.389. The fourth-order valence-corrected chi connectivity index (χ4v) is 9.15. The summed E-state index contributed by atoms with van der Waals surface area (Å²) in [5, 5.41) is 0. The highest BCUT2D eigenvalue weighted by atomic mass is 16.5. The van der Waals surface area contributed by atoms with Crippen LogP contribution < -0.4 is 0 Å². The van der Waals surface area contributed by atoms with E-state index in [0.717, 1.165) is 18.4 Å². The molecule has 1 aromatic carbocycles. The third kappa shape index (κ3) is 1.80. The van der Waals surface area contributed by atoms with Crippen molar-refractivity contribution in [3.63, 3.8) is 0 Å². The van der Waals surface area contributed by atoms with Gasteiger partial charge in [-0.3, -0.25) is 14.4 Å². The summed E-state index contributed by atoms with van der Waals surface area (Å²) in [6, 6.07) is 8.94. The van der Waals surface area contributed by atoms with Gasteiger partial charge >= 0.3 is 0 Å². The number of methoxy groups -OCH3 is 1.